The van der Waals surface area contributed by atoms with Gasteiger partial charge in [-0.1, -0.05) is 6.07 Å². The van der Waals surface area contributed by atoms with Gasteiger partial charge in [-0.15, -0.1) is 0 Å². The minimum atomic E-state index is -0.614. The summed E-state index contributed by atoms with van der Waals surface area (Å²) < 4.78 is 20.6. The Kier molecular flexibility index (Phi) is 5.90. The van der Waals surface area contributed by atoms with Gasteiger partial charge in [-0.05, 0) is 61.9 Å². The first-order valence-electron chi connectivity index (χ1n) is 10.4. The molecule has 2 fully saturated rings. The van der Waals surface area contributed by atoms with Crippen molar-refractivity contribution in [2.75, 3.05) is 13.1 Å². The summed E-state index contributed by atoms with van der Waals surface area (Å²) in [7, 11) is 0. The van der Waals surface area contributed by atoms with E-state index in [1.165, 1.54) is 18.2 Å². The van der Waals surface area contributed by atoms with Crippen molar-refractivity contribution in [2.45, 2.75) is 44.9 Å². The lowest BCUT2D eigenvalue weighted by atomic mass is 9.78. The van der Waals surface area contributed by atoms with E-state index >= 15 is 0 Å². The third-order valence-electron chi connectivity index (χ3n) is 6.36. The molecule has 0 spiro atoms. The van der Waals surface area contributed by atoms with Gasteiger partial charge in [0, 0.05) is 37.8 Å². The Hall–Kier alpha value is -2.67. The summed E-state index contributed by atoms with van der Waals surface area (Å²) in [5.74, 6) is 0.755. The Morgan fingerprint density at radius 2 is 1.83 bits per heavy atom. The third-order valence-corrected chi connectivity index (χ3v) is 6.36. The highest BCUT2D eigenvalue weighted by atomic mass is 19.1. The lowest BCUT2D eigenvalue weighted by molar-refractivity contribution is -0.130. The van der Waals surface area contributed by atoms with E-state index in [0.29, 0.717) is 38.2 Å². The number of hydrogen-bond acceptors (Lipinski definition) is 4. The Bertz CT molecular complexity index is 958. The van der Waals surface area contributed by atoms with Crippen LogP contribution in [0, 0.1) is 24.6 Å². The second-order valence-corrected chi connectivity index (χ2v) is 8.37. The smallest absolute Gasteiger partial charge is 0.250 e. The molecule has 4 rings (SSSR count). The highest BCUT2D eigenvalue weighted by Crippen LogP contribution is 2.38. The molecule has 1 aliphatic heterocycles. The first kappa shape index (κ1) is 20.6. The van der Waals surface area contributed by atoms with Crippen LogP contribution in [-0.2, 0) is 11.3 Å². The van der Waals surface area contributed by atoms with E-state index in [-0.39, 0.29) is 41.6 Å². The molecule has 1 amide bonds. The summed E-state index contributed by atoms with van der Waals surface area (Å²) in [6, 6.07) is 10.9. The summed E-state index contributed by atoms with van der Waals surface area (Å²) in [5.41, 5.74) is 0.746. The van der Waals surface area contributed by atoms with Crippen LogP contribution in [0.2, 0.25) is 0 Å². The maximum absolute atomic E-state index is 13.1. The number of halogens is 1. The summed E-state index contributed by atoms with van der Waals surface area (Å²) >= 11 is 0. The van der Waals surface area contributed by atoms with Crippen LogP contribution in [0.5, 0.6) is 5.75 Å². The molecule has 1 N–H and O–H groups in total. The molecule has 1 aromatic carbocycles. The fraction of sp³-hybridized carbons (Fsp3) is 0.478. The van der Waals surface area contributed by atoms with Crippen LogP contribution >= 0.6 is 0 Å². The summed E-state index contributed by atoms with van der Waals surface area (Å²) in [6.07, 6.45) is 0.540. The fourth-order valence-electron chi connectivity index (χ4n) is 4.68. The molecule has 1 aromatic heterocycles. The quantitative estimate of drug-likeness (QED) is 0.815. The van der Waals surface area contributed by atoms with Gasteiger partial charge >= 0.3 is 0 Å². The Labute approximate surface area is 174 Å². The van der Waals surface area contributed by atoms with Crippen molar-refractivity contribution < 1.29 is 19.0 Å². The number of carbonyl (C=O) groups excluding carboxylic acids is 1. The number of pyridine rings is 1. The van der Waals surface area contributed by atoms with Gasteiger partial charge in [0.05, 0.1) is 6.10 Å². The second kappa shape index (κ2) is 8.60. The number of amides is 1. The van der Waals surface area contributed by atoms with E-state index in [2.05, 4.69) is 0 Å². The van der Waals surface area contributed by atoms with E-state index in [1.54, 1.807) is 22.8 Å². The number of fused-ring (bicyclic) bond motifs is 1. The molecule has 6 nitrogen and oxygen atoms in total. The molecule has 160 valence electrons. The van der Waals surface area contributed by atoms with Crippen molar-refractivity contribution in [1.29, 1.82) is 0 Å². The van der Waals surface area contributed by atoms with Crippen molar-refractivity contribution in [1.82, 2.24) is 9.47 Å². The minimum Gasteiger partial charge on any atom is -0.488 e. The first-order chi connectivity index (χ1) is 14.4. The number of benzene rings is 1. The average molecular weight is 414 g/mol. The SMILES string of the molecule is Cc1cccc(=O)n1CCC(=O)N1C[C@H]2C[C@@H](Oc3ccc(F)cc3)[C@H](O)C[C@H]2C1. The van der Waals surface area contributed by atoms with Crippen LogP contribution < -0.4 is 10.3 Å². The van der Waals surface area contributed by atoms with Crippen LogP contribution in [0.1, 0.15) is 25.0 Å². The van der Waals surface area contributed by atoms with Crippen molar-refractivity contribution in [2.24, 2.45) is 11.8 Å². The number of hydrogen-bond donors (Lipinski definition) is 1. The van der Waals surface area contributed by atoms with E-state index in [0.717, 1.165) is 5.69 Å². The number of ether oxygens (including phenoxy) is 1. The molecule has 2 aromatic rings. The van der Waals surface area contributed by atoms with Crippen LogP contribution in [0.4, 0.5) is 4.39 Å². The number of carbonyl (C=O) groups is 1. The van der Waals surface area contributed by atoms with Crippen LogP contribution in [-0.4, -0.2) is 45.8 Å². The zero-order valence-electron chi connectivity index (χ0n) is 17.0. The molecular formula is C23H27FN2O4. The summed E-state index contributed by atoms with van der Waals surface area (Å²) in [6.45, 7) is 3.50. The first-order valence-corrected chi connectivity index (χ1v) is 10.4. The summed E-state index contributed by atoms with van der Waals surface area (Å²) in [5, 5.41) is 10.5. The molecule has 4 atom stereocenters. The minimum absolute atomic E-state index is 0.0324. The van der Waals surface area contributed by atoms with Crippen LogP contribution in [0.25, 0.3) is 0 Å². The van der Waals surface area contributed by atoms with E-state index in [1.807, 2.05) is 17.9 Å². The van der Waals surface area contributed by atoms with Crippen molar-refractivity contribution >= 4 is 5.91 Å². The number of aromatic nitrogens is 1. The highest BCUT2D eigenvalue weighted by Gasteiger charge is 2.43. The molecular weight excluding hydrogens is 387 g/mol. The zero-order chi connectivity index (χ0) is 21.3. The molecule has 7 heteroatoms. The molecule has 2 heterocycles. The number of aliphatic hydroxyl groups is 1. The van der Waals surface area contributed by atoms with Crippen molar-refractivity contribution in [3.8, 4) is 5.75 Å². The van der Waals surface area contributed by atoms with Gasteiger partial charge in [-0.2, -0.15) is 0 Å². The molecule has 0 radical (unpaired) electrons. The Balaban J connectivity index is 1.34. The lowest BCUT2D eigenvalue weighted by Crippen LogP contribution is -2.42. The van der Waals surface area contributed by atoms with E-state index < -0.39 is 6.10 Å². The van der Waals surface area contributed by atoms with Gasteiger partial charge in [0.25, 0.3) is 5.56 Å². The molecule has 1 aliphatic carbocycles. The maximum atomic E-state index is 13.1. The number of likely N-dealkylation sites (tertiary alicyclic amines) is 1. The lowest BCUT2D eigenvalue weighted by Gasteiger charge is -2.35. The number of nitrogens with zero attached hydrogens (tertiary/aromatic N) is 2. The Morgan fingerprint density at radius 3 is 2.53 bits per heavy atom. The number of aryl methyl sites for hydroxylation is 1. The predicted molar refractivity (Wildman–Crippen MR) is 110 cm³/mol. The normalized spacial score (nSPS) is 25.8. The van der Waals surface area contributed by atoms with Gasteiger partial charge in [-0.25, -0.2) is 4.39 Å². The van der Waals surface area contributed by atoms with Gasteiger partial charge in [0.1, 0.15) is 17.7 Å². The molecule has 1 saturated heterocycles. The monoisotopic (exact) mass is 414 g/mol. The van der Waals surface area contributed by atoms with Gasteiger partial charge < -0.3 is 19.3 Å². The maximum Gasteiger partial charge on any atom is 0.250 e. The van der Waals surface area contributed by atoms with Gasteiger partial charge in [0.15, 0.2) is 0 Å². The standard InChI is InChI=1S/C23H27FN2O4/c1-15-3-2-4-23(29)26(15)10-9-22(28)25-13-16-11-20(27)21(12-17(16)14-25)30-19-7-5-18(24)6-8-19/h2-8,16-17,20-21,27H,9-14H2,1H3/t16-,17+,20+,21+/m0/s1. The molecule has 2 aliphatic rings. The largest absolute Gasteiger partial charge is 0.488 e. The van der Waals surface area contributed by atoms with Crippen LogP contribution in [0.3, 0.4) is 0 Å². The third kappa shape index (κ3) is 4.41. The Morgan fingerprint density at radius 1 is 1.13 bits per heavy atom. The fourth-order valence-corrected chi connectivity index (χ4v) is 4.68. The van der Waals surface area contributed by atoms with Gasteiger partial charge in [-0.3, -0.25) is 9.59 Å². The van der Waals surface area contributed by atoms with Crippen LogP contribution in [0.15, 0.2) is 47.3 Å². The zero-order valence-corrected chi connectivity index (χ0v) is 17.0. The number of rotatable bonds is 5. The van der Waals surface area contributed by atoms with E-state index in [9.17, 15) is 19.1 Å². The molecule has 0 unspecified atom stereocenters. The molecule has 1 saturated carbocycles. The summed E-state index contributed by atoms with van der Waals surface area (Å²) in [4.78, 5) is 26.6. The topological polar surface area (TPSA) is 71.8 Å². The van der Waals surface area contributed by atoms with Gasteiger partial charge in [0.2, 0.25) is 5.91 Å². The van der Waals surface area contributed by atoms with E-state index in [4.69, 9.17) is 4.74 Å². The predicted octanol–water partition coefficient (Wildman–Crippen LogP) is 2.36. The molecule has 0 bridgehead atoms. The second-order valence-electron chi connectivity index (χ2n) is 8.37. The molecule has 30 heavy (non-hydrogen) atoms. The average Bonchev–Trinajstić information content (AvgIpc) is 3.12. The highest BCUT2D eigenvalue weighted by molar-refractivity contribution is 5.76. The number of aliphatic hydroxyl groups excluding tert-OH is 1. The van der Waals surface area contributed by atoms with Crippen molar-refractivity contribution in [3.63, 3.8) is 0 Å². The van der Waals surface area contributed by atoms with Crippen molar-refractivity contribution in [3.05, 3.63) is 64.3 Å².